The number of hydrogen-bond donors (Lipinski definition) is 2. The number of benzene rings is 2. The van der Waals surface area contributed by atoms with E-state index < -0.39 is 10.0 Å². The van der Waals surface area contributed by atoms with E-state index in [1.807, 2.05) is 30.3 Å². The molecule has 3 rings (SSSR count). The summed E-state index contributed by atoms with van der Waals surface area (Å²) in [5.74, 6) is -0.294. The molecule has 0 spiro atoms. The minimum absolute atomic E-state index is 0.0194. The molecule has 148 valence electrons. The van der Waals surface area contributed by atoms with Crippen LogP contribution in [0.4, 0.5) is 11.6 Å². The molecule has 0 saturated heterocycles. The van der Waals surface area contributed by atoms with Crippen molar-refractivity contribution in [1.29, 1.82) is 0 Å². The Morgan fingerprint density at radius 1 is 0.931 bits per heavy atom. The van der Waals surface area contributed by atoms with E-state index in [1.165, 1.54) is 30.3 Å². The summed E-state index contributed by atoms with van der Waals surface area (Å²) in [6, 6.07) is 17.0. The molecule has 0 aliphatic carbocycles. The summed E-state index contributed by atoms with van der Waals surface area (Å²) < 4.78 is 27.4. The highest BCUT2D eigenvalue weighted by molar-refractivity contribution is 7.92. The Kier molecular flexibility index (Phi) is 6.04. The van der Waals surface area contributed by atoms with Crippen LogP contribution in [-0.4, -0.2) is 24.3 Å². The largest absolute Gasteiger partial charge is 0.323 e. The molecule has 0 fully saturated rings. The first-order valence-electron chi connectivity index (χ1n) is 8.81. The smallest absolute Gasteiger partial charge is 0.264 e. The zero-order valence-electron chi connectivity index (χ0n) is 16.0. The van der Waals surface area contributed by atoms with Crippen LogP contribution in [0.3, 0.4) is 0 Å². The lowest BCUT2D eigenvalue weighted by Gasteiger charge is -2.09. The molecule has 8 heteroatoms. The Morgan fingerprint density at radius 3 is 2.17 bits per heavy atom. The standard InChI is InChI=1S/C21H20N4O3S/c1-15-14-16(2)23-21(22-15)25-29(27,28)19-11-9-18(10-12-19)24-20(26)13-8-17-6-4-3-5-7-17/h3-14H,1-2H3,(H,24,26)(H,22,23,25)/b13-8+. The SMILES string of the molecule is Cc1cc(C)nc(NS(=O)(=O)c2ccc(NC(=O)/C=C/c3ccccc3)cc2)n1. The van der Waals surface area contributed by atoms with E-state index in [4.69, 9.17) is 0 Å². The van der Waals surface area contributed by atoms with Gasteiger partial charge >= 0.3 is 0 Å². The average molecular weight is 408 g/mol. The number of carbonyl (C=O) groups excluding carboxylic acids is 1. The summed E-state index contributed by atoms with van der Waals surface area (Å²) in [7, 11) is -3.84. The van der Waals surface area contributed by atoms with Crippen LogP contribution in [0.15, 0.2) is 71.6 Å². The Morgan fingerprint density at radius 2 is 1.55 bits per heavy atom. The molecule has 0 aliphatic heterocycles. The van der Waals surface area contributed by atoms with E-state index in [2.05, 4.69) is 20.0 Å². The van der Waals surface area contributed by atoms with Crippen LogP contribution < -0.4 is 10.0 Å². The highest BCUT2D eigenvalue weighted by atomic mass is 32.2. The average Bonchev–Trinajstić information content (AvgIpc) is 2.66. The molecular weight excluding hydrogens is 388 g/mol. The summed E-state index contributed by atoms with van der Waals surface area (Å²) in [5, 5.41) is 2.69. The van der Waals surface area contributed by atoms with Crippen molar-refractivity contribution in [2.24, 2.45) is 0 Å². The number of aryl methyl sites for hydroxylation is 2. The fourth-order valence-electron chi connectivity index (χ4n) is 2.59. The zero-order chi connectivity index (χ0) is 20.9. The van der Waals surface area contributed by atoms with Crippen molar-refractivity contribution in [2.75, 3.05) is 10.0 Å². The van der Waals surface area contributed by atoms with Crippen LogP contribution in [-0.2, 0) is 14.8 Å². The molecule has 0 saturated carbocycles. The lowest BCUT2D eigenvalue weighted by atomic mass is 10.2. The van der Waals surface area contributed by atoms with E-state index in [9.17, 15) is 13.2 Å². The van der Waals surface area contributed by atoms with Gasteiger partial charge in [-0.25, -0.2) is 23.1 Å². The first-order chi connectivity index (χ1) is 13.8. The third kappa shape index (κ3) is 5.73. The second kappa shape index (κ2) is 8.66. The van der Waals surface area contributed by atoms with Gasteiger partial charge in [-0.3, -0.25) is 4.79 Å². The fraction of sp³-hybridized carbons (Fsp3) is 0.0952. The van der Waals surface area contributed by atoms with E-state index in [0.29, 0.717) is 17.1 Å². The summed E-state index contributed by atoms with van der Waals surface area (Å²) in [4.78, 5) is 20.2. The Labute approximate surface area is 169 Å². The molecule has 7 nitrogen and oxygen atoms in total. The maximum atomic E-state index is 12.5. The molecule has 0 unspecified atom stereocenters. The van der Waals surface area contributed by atoms with Gasteiger partial charge in [0.15, 0.2) is 0 Å². The Hall–Kier alpha value is -3.52. The maximum Gasteiger partial charge on any atom is 0.264 e. The number of amides is 1. The third-order valence-corrected chi connectivity index (χ3v) is 5.21. The summed E-state index contributed by atoms with van der Waals surface area (Å²) in [6.07, 6.45) is 3.11. The first-order valence-corrected chi connectivity index (χ1v) is 10.3. The van der Waals surface area contributed by atoms with Crippen LogP contribution in [0.2, 0.25) is 0 Å². The van der Waals surface area contributed by atoms with Crippen molar-refractivity contribution < 1.29 is 13.2 Å². The topological polar surface area (TPSA) is 101 Å². The van der Waals surface area contributed by atoms with Gasteiger partial charge in [-0.05, 0) is 55.8 Å². The predicted molar refractivity (Wildman–Crippen MR) is 113 cm³/mol. The van der Waals surface area contributed by atoms with Crippen molar-refractivity contribution >= 4 is 33.6 Å². The Balaban J connectivity index is 1.67. The van der Waals surface area contributed by atoms with Gasteiger partial charge in [0.2, 0.25) is 11.9 Å². The Bertz CT molecular complexity index is 1120. The molecule has 1 heterocycles. The van der Waals surface area contributed by atoms with Gasteiger partial charge in [0.25, 0.3) is 10.0 Å². The molecule has 1 amide bonds. The molecule has 1 aromatic heterocycles. The molecule has 2 aromatic carbocycles. The monoisotopic (exact) mass is 408 g/mol. The van der Waals surface area contributed by atoms with Crippen LogP contribution in [0.25, 0.3) is 6.08 Å². The molecule has 3 aromatic rings. The molecule has 0 aliphatic rings. The number of hydrogen-bond acceptors (Lipinski definition) is 5. The summed E-state index contributed by atoms with van der Waals surface area (Å²) in [6.45, 7) is 3.52. The molecule has 29 heavy (non-hydrogen) atoms. The molecule has 0 atom stereocenters. The van der Waals surface area contributed by atoms with E-state index in [0.717, 1.165) is 5.56 Å². The van der Waals surface area contributed by atoms with Crippen molar-refractivity contribution in [2.45, 2.75) is 18.7 Å². The van der Waals surface area contributed by atoms with E-state index in [1.54, 1.807) is 26.0 Å². The molecule has 0 bridgehead atoms. The second-order valence-corrected chi connectivity index (χ2v) is 8.02. The number of rotatable bonds is 6. The quantitative estimate of drug-likeness (QED) is 0.608. The van der Waals surface area contributed by atoms with Crippen molar-refractivity contribution in [3.05, 3.63) is 83.7 Å². The first kappa shape index (κ1) is 20.2. The van der Waals surface area contributed by atoms with Gasteiger partial charge in [0.1, 0.15) is 0 Å². The predicted octanol–water partition coefficient (Wildman–Crippen LogP) is 3.55. The maximum absolute atomic E-state index is 12.5. The van der Waals surface area contributed by atoms with Crippen LogP contribution in [0, 0.1) is 13.8 Å². The van der Waals surface area contributed by atoms with Crippen molar-refractivity contribution in [3.63, 3.8) is 0 Å². The third-order valence-electron chi connectivity index (χ3n) is 3.87. The minimum Gasteiger partial charge on any atom is -0.323 e. The lowest BCUT2D eigenvalue weighted by molar-refractivity contribution is -0.111. The van der Waals surface area contributed by atoms with Gasteiger partial charge in [0, 0.05) is 23.2 Å². The van der Waals surface area contributed by atoms with Gasteiger partial charge < -0.3 is 5.32 Å². The minimum atomic E-state index is -3.84. The summed E-state index contributed by atoms with van der Waals surface area (Å²) >= 11 is 0. The van der Waals surface area contributed by atoms with Crippen LogP contribution in [0.1, 0.15) is 17.0 Å². The summed E-state index contributed by atoms with van der Waals surface area (Å²) in [5.41, 5.74) is 2.71. The molecule has 2 N–H and O–H groups in total. The van der Waals surface area contributed by atoms with Gasteiger partial charge in [0.05, 0.1) is 4.90 Å². The number of sulfonamides is 1. The highest BCUT2D eigenvalue weighted by Gasteiger charge is 2.16. The van der Waals surface area contributed by atoms with Crippen molar-refractivity contribution in [3.8, 4) is 0 Å². The van der Waals surface area contributed by atoms with Crippen molar-refractivity contribution in [1.82, 2.24) is 9.97 Å². The number of aromatic nitrogens is 2. The number of nitrogens with zero attached hydrogens (tertiary/aromatic N) is 2. The normalized spacial score (nSPS) is 11.4. The van der Waals surface area contributed by atoms with E-state index >= 15 is 0 Å². The number of anilines is 2. The van der Waals surface area contributed by atoms with Gasteiger partial charge in [-0.2, -0.15) is 0 Å². The van der Waals surface area contributed by atoms with Gasteiger partial charge in [-0.15, -0.1) is 0 Å². The number of nitrogens with one attached hydrogen (secondary N) is 2. The molecular formula is C21H20N4O3S. The highest BCUT2D eigenvalue weighted by Crippen LogP contribution is 2.17. The second-order valence-electron chi connectivity index (χ2n) is 6.34. The molecule has 0 radical (unpaired) electrons. The lowest BCUT2D eigenvalue weighted by Crippen LogP contribution is -2.16. The van der Waals surface area contributed by atoms with E-state index in [-0.39, 0.29) is 16.8 Å². The number of carbonyl (C=O) groups is 1. The van der Waals surface area contributed by atoms with Crippen LogP contribution >= 0.6 is 0 Å². The fourth-order valence-corrected chi connectivity index (χ4v) is 3.53. The zero-order valence-corrected chi connectivity index (χ0v) is 16.8. The van der Waals surface area contributed by atoms with Gasteiger partial charge in [-0.1, -0.05) is 30.3 Å². The van der Waals surface area contributed by atoms with Crippen LogP contribution in [0.5, 0.6) is 0 Å².